The number of hydrogen-bond acceptors (Lipinski definition) is 4. The zero-order valence-corrected chi connectivity index (χ0v) is 12.1. The van der Waals surface area contributed by atoms with Crippen LogP contribution in [0, 0.1) is 0 Å². The van der Waals surface area contributed by atoms with Crippen LogP contribution in [0.15, 0.2) is 36.5 Å². The zero-order valence-electron chi connectivity index (χ0n) is 11.3. The molecule has 106 valence electrons. The molecule has 2 aromatic rings. The minimum atomic E-state index is -0.134. The van der Waals surface area contributed by atoms with Crippen molar-refractivity contribution in [1.29, 1.82) is 0 Å². The quantitative estimate of drug-likeness (QED) is 0.916. The number of benzene rings is 1. The fourth-order valence-corrected chi connectivity index (χ4v) is 1.92. The lowest BCUT2D eigenvalue weighted by Gasteiger charge is -2.15. The van der Waals surface area contributed by atoms with Crippen molar-refractivity contribution in [1.82, 2.24) is 4.98 Å². The number of pyridine rings is 1. The minimum absolute atomic E-state index is 0.0715. The SMILES string of the molecule is COCC(C)Oc1ccc(-c2ccc(Cl)cn2)cc1O. The van der Waals surface area contributed by atoms with Gasteiger partial charge in [0.25, 0.3) is 0 Å². The third kappa shape index (κ3) is 3.62. The third-order valence-corrected chi connectivity index (χ3v) is 2.94. The number of methoxy groups -OCH3 is 1. The molecule has 4 nitrogen and oxygen atoms in total. The number of halogens is 1. The molecule has 0 aliphatic rings. The molecule has 1 aromatic heterocycles. The number of rotatable bonds is 5. The maximum Gasteiger partial charge on any atom is 0.161 e. The van der Waals surface area contributed by atoms with E-state index >= 15 is 0 Å². The first-order valence-corrected chi connectivity index (χ1v) is 6.58. The predicted molar refractivity (Wildman–Crippen MR) is 78.3 cm³/mol. The molecule has 20 heavy (non-hydrogen) atoms. The molecule has 0 amide bonds. The second-order valence-electron chi connectivity index (χ2n) is 4.43. The molecule has 0 saturated carbocycles. The molecule has 1 aromatic carbocycles. The molecule has 0 bridgehead atoms. The van der Waals surface area contributed by atoms with Crippen molar-refractivity contribution >= 4 is 11.6 Å². The smallest absolute Gasteiger partial charge is 0.161 e. The van der Waals surface area contributed by atoms with E-state index in [1.807, 2.05) is 13.0 Å². The highest BCUT2D eigenvalue weighted by molar-refractivity contribution is 6.30. The van der Waals surface area contributed by atoms with Crippen LogP contribution in [-0.2, 0) is 4.74 Å². The van der Waals surface area contributed by atoms with Gasteiger partial charge in [-0.3, -0.25) is 4.98 Å². The third-order valence-electron chi connectivity index (χ3n) is 2.71. The van der Waals surface area contributed by atoms with Crippen molar-refractivity contribution in [2.24, 2.45) is 0 Å². The summed E-state index contributed by atoms with van der Waals surface area (Å²) in [5, 5.41) is 10.6. The second kappa shape index (κ2) is 6.59. The molecule has 0 spiro atoms. The van der Waals surface area contributed by atoms with Crippen LogP contribution >= 0.6 is 11.6 Å². The van der Waals surface area contributed by atoms with E-state index in [0.29, 0.717) is 17.4 Å². The van der Waals surface area contributed by atoms with E-state index in [9.17, 15) is 5.11 Å². The molecular weight excluding hydrogens is 278 g/mol. The van der Waals surface area contributed by atoms with Gasteiger partial charge in [0.05, 0.1) is 17.3 Å². The van der Waals surface area contributed by atoms with E-state index in [1.165, 1.54) is 0 Å². The van der Waals surface area contributed by atoms with Crippen molar-refractivity contribution in [3.05, 3.63) is 41.6 Å². The maximum absolute atomic E-state index is 10.0. The average Bonchev–Trinajstić information content (AvgIpc) is 2.42. The van der Waals surface area contributed by atoms with Gasteiger partial charge in [-0.2, -0.15) is 0 Å². The van der Waals surface area contributed by atoms with E-state index in [1.54, 1.807) is 37.6 Å². The Balaban J connectivity index is 2.19. The molecule has 0 radical (unpaired) electrons. The number of nitrogens with zero attached hydrogens (tertiary/aromatic N) is 1. The lowest BCUT2D eigenvalue weighted by molar-refractivity contribution is 0.0901. The van der Waals surface area contributed by atoms with Crippen LogP contribution < -0.4 is 4.74 Å². The summed E-state index contributed by atoms with van der Waals surface area (Å²) in [6, 6.07) is 8.72. The van der Waals surface area contributed by atoms with Gasteiger partial charge in [-0.1, -0.05) is 11.6 Å². The molecule has 1 heterocycles. The van der Waals surface area contributed by atoms with Crippen LogP contribution in [0.5, 0.6) is 11.5 Å². The van der Waals surface area contributed by atoms with E-state index in [2.05, 4.69) is 4.98 Å². The number of phenols is 1. The number of aromatic nitrogens is 1. The predicted octanol–water partition coefficient (Wildman–Crippen LogP) is 3.52. The molecular formula is C15H16ClNO3. The summed E-state index contributed by atoms with van der Waals surface area (Å²) in [5.41, 5.74) is 1.53. The molecule has 1 N–H and O–H groups in total. The Labute approximate surface area is 122 Å². The van der Waals surface area contributed by atoms with Crippen molar-refractivity contribution in [2.75, 3.05) is 13.7 Å². The summed E-state index contributed by atoms with van der Waals surface area (Å²) in [6.07, 6.45) is 1.43. The Kier molecular flexibility index (Phi) is 4.82. The Morgan fingerprint density at radius 2 is 2.10 bits per heavy atom. The van der Waals surface area contributed by atoms with Crippen LogP contribution in [0.25, 0.3) is 11.3 Å². The van der Waals surface area contributed by atoms with Gasteiger partial charge in [-0.15, -0.1) is 0 Å². The summed E-state index contributed by atoms with van der Waals surface area (Å²) in [6.45, 7) is 2.33. The highest BCUT2D eigenvalue weighted by Crippen LogP contribution is 2.31. The standard InChI is InChI=1S/C15H16ClNO3/c1-10(9-19-2)20-15-6-3-11(7-14(15)18)13-5-4-12(16)8-17-13/h3-8,10,18H,9H2,1-2H3. The van der Waals surface area contributed by atoms with Gasteiger partial charge in [0.1, 0.15) is 6.10 Å². The van der Waals surface area contributed by atoms with Gasteiger partial charge in [0.2, 0.25) is 0 Å². The molecule has 0 aliphatic carbocycles. The minimum Gasteiger partial charge on any atom is -0.504 e. The highest BCUT2D eigenvalue weighted by Gasteiger charge is 2.10. The number of ether oxygens (including phenoxy) is 2. The van der Waals surface area contributed by atoms with Gasteiger partial charge >= 0.3 is 0 Å². The first-order chi connectivity index (χ1) is 9.60. The van der Waals surface area contributed by atoms with Crippen LogP contribution in [-0.4, -0.2) is 29.9 Å². The first-order valence-electron chi connectivity index (χ1n) is 6.20. The largest absolute Gasteiger partial charge is 0.504 e. The topological polar surface area (TPSA) is 51.6 Å². The van der Waals surface area contributed by atoms with Crippen LogP contribution in [0.3, 0.4) is 0 Å². The summed E-state index contributed by atoms with van der Waals surface area (Å²) in [7, 11) is 1.61. The monoisotopic (exact) mass is 293 g/mol. The van der Waals surface area contributed by atoms with Crippen LogP contribution in [0.2, 0.25) is 5.02 Å². The van der Waals surface area contributed by atoms with Gasteiger partial charge in [0, 0.05) is 18.9 Å². The van der Waals surface area contributed by atoms with E-state index < -0.39 is 0 Å². The average molecular weight is 294 g/mol. The lowest BCUT2D eigenvalue weighted by atomic mass is 10.1. The summed E-state index contributed by atoms with van der Waals surface area (Å²) in [5.74, 6) is 0.495. The first kappa shape index (κ1) is 14.6. The Bertz CT molecular complexity index is 572. The fraction of sp³-hybridized carbons (Fsp3) is 0.267. The molecule has 1 atom stereocenters. The van der Waals surface area contributed by atoms with Crippen molar-refractivity contribution < 1.29 is 14.6 Å². The van der Waals surface area contributed by atoms with Gasteiger partial charge < -0.3 is 14.6 Å². The van der Waals surface area contributed by atoms with E-state index in [-0.39, 0.29) is 11.9 Å². The molecule has 0 aliphatic heterocycles. The maximum atomic E-state index is 10.0. The van der Waals surface area contributed by atoms with Crippen molar-refractivity contribution in [3.63, 3.8) is 0 Å². The highest BCUT2D eigenvalue weighted by atomic mass is 35.5. The Morgan fingerprint density at radius 1 is 1.30 bits per heavy atom. The van der Waals surface area contributed by atoms with Crippen molar-refractivity contribution in [2.45, 2.75) is 13.0 Å². The number of aromatic hydroxyl groups is 1. The Morgan fingerprint density at radius 3 is 2.70 bits per heavy atom. The second-order valence-corrected chi connectivity index (χ2v) is 4.86. The van der Waals surface area contributed by atoms with Gasteiger partial charge in [0.15, 0.2) is 11.5 Å². The Hall–Kier alpha value is -1.78. The number of phenolic OH excluding ortho intramolecular Hbond substituents is 1. The van der Waals surface area contributed by atoms with E-state index in [4.69, 9.17) is 21.1 Å². The molecule has 0 saturated heterocycles. The molecule has 0 fully saturated rings. The van der Waals surface area contributed by atoms with Gasteiger partial charge in [-0.25, -0.2) is 0 Å². The summed E-state index contributed by atoms with van der Waals surface area (Å²) < 4.78 is 10.6. The molecule has 5 heteroatoms. The normalized spacial score (nSPS) is 12.2. The number of hydrogen-bond donors (Lipinski definition) is 1. The molecule has 1 unspecified atom stereocenters. The van der Waals surface area contributed by atoms with Crippen LogP contribution in [0.4, 0.5) is 0 Å². The fourth-order valence-electron chi connectivity index (χ4n) is 1.81. The van der Waals surface area contributed by atoms with Gasteiger partial charge in [-0.05, 0) is 37.3 Å². The van der Waals surface area contributed by atoms with Crippen molar-refractivity contribution in [3.8, 4) is 22.8 Å². The summed E-state index contributed by atoms with van der Waals surface area (Å²) in [4.78, 5) is 4.21. The zero-order chi connectivity index (χ0) is 14.5. The van der Waals surface area contributed by atoms with Crippen LogP contribution in [0.1, 0.15) is 6.92 Å². The summed E-state index contributed by atoms with van der Waals surface area (Å²) >= 11 is 5.80. The van der Waals surface area contributed by atoms with E-state index in [0.717, 1.165) is 11.3 Å². The lowest BCUT2D eigenvalue weighted by Crippen LogP contribution is -2.17. The molecule has 2 rings (SSSR count).